The number of hydrogen-bond acceptors (Lipinski definition) is 2. The SMILES string of the molecule is CCCNC(CS(=O)CC(C)CC)C1CC1. The second-order valence-corrected chi connectivity index (χ2v) is 6.73. The fourth-order valence-corrected chi connectivity index (χ4v) is 3.69. The normalized spacial score (nSPS) is 21.7. The molecule has 0 bridgehead atoms. The van der Waals surface area contributed by atoms with Crippen LogP contribution in [-0.2, 0) is 10.8 Å². The van der Waals surface area contributed by atoms with E-state index in [1.165, 1.54) is 19.3 Å². The van der Waals surface area contributed by atoms with Gasteiger partial charge in [-0.05, 0) is 37.6 Å². The molecule has 1 aliphatic rings. The van der Waals surface area contributed by atoms with E-state index in [4.69, 9.17) is 0 Å². The fraction of sp³-hybridized carbons (Fsp3) is 1.00. The van der Waals surface area contributed by atoms with Crippen molar-refractivity contribution < 1.29 is 4.21 Å². The van der Waals surface area contributed by atoms with Crippen LogP contribution < -0.4 is 5.32 Å². The smallest absolute Gasteiger partial charge is 0.0391 e. The quantitative estimate of drug-likeness (QED) is 0.676. The Balaban J connectivity index is 2.27. The van der Waals surface area contributed by atoms with Crippen molar-refractivity contribution in [2.24, 2.45) is 11.8 Å². The van der Waals surface area contributed by atoms with Crippen molar-refractivity contribution in [1.29, 1.82) is 0 Å². The number of hydrogen-bond donors (Lipinski definition) is 1. The first kappa shape index (κ1) is 14.2. The van der Waals surface area contributed by atoms with Crippen molar-refractivity contribution in [2.75, 3.05) is 18.1 Å². The van der Waals surface area contributed by atoms with Crippen LogP contribution in [0.15, 0.2) is 0 Å². The van der Waals surface area contributed by atoms with Gasteiger partial charge in [0.15, 0.2) is 0 Å². The molecule has 1 fully saturated rings. The van der Waals surface area contributed by atoms with E-state index in [0.717, 1.165) is 30.4 Å². The summed E-state index contributed by atoms with van der Waals surface area (Å²) < 4.78 is 12.0. The Bertz CT molecular complexity index is 216. The maximum absolute atomic E-state index is 12.0. The molecule has 1 rings (SSSR count). The molecule has 96 valence electrons. The molecule has 0 spiro atoms. The molecule has 1 saturated carbocycles. The van der Waals surface area contributed by atoms with E-state index in [2.05, 4.69) is 26.1 Å². The third kappa shape index (κ3) is 5.44. The van der Waals surface area contributed by atoms with E-state index in [-0.39, 0.29) is 0 Å². The van der Waals surface area contributed by atoms with E-state index in [9.17, 15) is 4.21 Å². The maximum Gasteiger partial charge on any atom is 0.0391 e. The lowest BCUT2D eigenvalue weighted by atomic mass is 10.2. The molecule has 0 amide bonds. The molecule has 0 aromatic heterocycles. The molecular weight excluding hydrogens is 218 g/mol. The minimum Gasteiger partial charge on any atom is -0.313 e. The molecule has 0 aromatic carbocycles. The molecule has 2 nitrogen and oxygen atoms in total. The van der Waals surface area contributed by atoms with Crippen LogP contribution >= 0.6 is 0 Å². The molecule has 0 aliphatic heterocycles. The van der Waals surface area contributed by atoms with Gasteiger partial charge < -0.3 is 5.32 Å². The zero-order valence-electron chi connectivity index (χ0n) is 11.0. The van der Waals surface area contributed by atoms with Gasteiger partial charge >= 0.3 is 0 Å². The van der Waals surface area contributed by atoms with Crippen LogP contribution in [0.4, 0.5) is 0 Å². The monoisotopic (exact) mass is 245 g/mol. The van der Waals surface area contributed by atoms with E-state index in [0.29, 0.717) is 12.0 Å². The summed E-state index contributed by atoms with van der Waals surface area (Å²) in [5, 5.41) is 3.56. The van der Waals surface area contributed by atoms with Crippen LogP contribution in [0, 0.1) is 11.8 Å². The Kier molecular flexibility index (Phi) is 6.59. The topological polar surface area (TPSA) is 29.1 Å². The van der Waals surface area contributed by atoms with Gasteiger partial charge in [-0.3, -0.25) is 4.21 Å². The molecule has 3 atom stereocenters. The van der Waals surface area contributed by atoms with Crippen LogP contribution in [-0.4, -0.2) is 28.3 Å². The lowest BCUT2D eigenvalue weighted by Crippen LogP contribution is -2.37. The summed E-state index contributed by atoms with van der Waals surface area (Å²) in [4.78, 5) is 0. The predicted molar refractivity (Wildman–Crippen MR) is 72.1 cm³/mol. The van der Waals surface area contributed by atoms with Crippen molar-refractivity contribution in [2.45, 2.75) is 52.5 Å². The summed E-state index contributed by atoms with van der Waals surface area (Å²) >= 11 is 0. The summed E-state index contributed by atoms with van der Waals surface area (Å²) in [6.07, 6.45) is 4.98. The van der Waals surface area contributed by atoms with Crippen LogP contribution in [0.3, 0.4) is 0 Å². The van der Waals surface area contributed by atoms with Gasteiger partial charge in [-0.1, -0.05) is 27.2 Å². The summed E-state index contributed by atoms with van der Waals surface area (Å²) in [5.74, 6) is 3.17. The van der Waals surface area contributed by atoms with Gasteiger partial charge in [-0.25, -0.2) is 0 Å². The van der Waals surface area contributed by atoms with Crippen LogP contribution in [0.1, 0.15) is 46.5 Å². The van der Waals surface area contributed by atoms with Gasteiger partial charge in [0.25, 0.3) is 0 Å². The first-order chi connectivity index (χ1) is 7.67. The Morgan fingerprint density at radius 3 is 2.50 bits per heavy atom. The molecule has 0 aromatic rings. The highest BCUT2D eigenvalue weighted by molar-refractivity contribution is 7.85. The molecule has 16 heavy (non-hydrogen) atoms. The highest BCUT2D eigenvalue weighted by atomic mass is 32.2. The Hall–Kier alpha value is 0.110. The molecule has 1 N–H and O–H groups in total. The Morgan fingerprint density at radius 2 is 2.00 bits per heavy atom. The van der Waals surface area contributed by atoms with Crippen molar-refractivity contribution in [3.05, 3.63) is 0 Å². The third-order valence-corrected chi connectivity index (χ3v) is 5.05. The zero-order chi connectivity index (χ0) is 12.0. The highest BCUT2D eigenvalue weighted by Crippen LogP contribution is 2.33. The number of rotatable bonds is 9. The predicted octanol–water partition coefficient (Wildman–Crippen LogP) is 2.56. The second-order valence-electron chi connectivity index (χ2n) is 5.18. The molecular formula is C13H27NOS. The molecule has 3 heteroatoms. The van der Waals surface area contributed by atoms with Gasteiger partial charge in [0, 0.05) is 28.3 Å². The molecule has 0 saturated heterocycles. The average Bonchev–Trinajstić information content (AvgIpc) is 3.07. The summed E-state index contributed by atoms with van der Waals surface area (Å²) in [6, 6.07) is 0.518. The minimum atomic E-state index is -0.627. The van der Waals surface area contributed by atoms with E-state index < -0.39 is 10.8 Å². The number of nitrogens with one attached hydrogen (secondary N) is 1. The largest absolute Gasteiger partial charge is 0.313 e. The summed E-state index contributed by atoms with van der Waals surface area (Å²) in [6.45, 7) is 7.63. The summed E-state index contributed by atoms with van der Waals surface area (Å²) in [7, 11) is -0.627. The third-order valence-electron chi connectivity index (χ3n) is 3.38. The van der Waals surface area contributed by atoms with Crippen molar-refractivity contribution in [3.8, 4) is 0 Å². The molecule has 3 unspecified atom stereocenters. The zero-order valence-corrected chi connectivity index (χ0v) is 11.8. The minimum absolute atomic E-state index is 0.518. The van der Waals surface area contributed by atoms with Gasteiger partial charge in [0.2, 0.25) is 0 Å². The Labute approximate surface area is 103 Å². The maximum atomic E-state index is 12.0. The van der Waals surface area contributed by atoms with Gasteiger partial charge in [0.05, 0.1) is 0 Å². The van der Waals surface area contributed by atoms with Crippen LogP contribution in [0.25, 0.3) is 0 Å². The van der Waals surface area contributed by atoms with E-state index in [1.54, 1.807) is 0 Å². The van der Waals surface area contributed by atoms with E-state index >= 15 is 0 Å². The van der Waals surface area contributed by atoms with Crippen molar-refractivity contribution in [3.63, 3.8) is 0 Å². The molecule has 0 heterocycles. The standard InChI is InChI=1S/C13H27NOS/c1-4-8-14-13(12-6-7-12)10-16(15)9-11(3)5-2/h11-14H,4-10H2,1-3H3. The lowest BCUT2D eigenvalue weighted by molar-refractivity contribution is 0.497. The lowest BCUT2D eigenvalue weighted by Gasteiger charge is -2.18. The fourth-order valence-electron chi connectivity index (χ4n) is 1.89. The van der Waals surface area contributed by atoms with Gasteiger partial charge in [0.1, 0.15) is 0 Å². The first-order valence-electron chi connectivity index (χ1n) is 6.75. The van der Waals surface area contributed by atoms with Gasteiger partial charge in [-0.15, -0.1) is 0 Å². The van der Waals surface area contributed by atoms with Crippen LogP contribution in [0.2, 0.25) is 0 Å². The van der Waals surface area contributed by atoms with Crippen LogP contribution in [0.5, 0.6) is 0 Å². The second kappa shape index (κ2) is 7.44. The Morgan fingerprint density at radius 1 is 1.31 bits per heavy atom. The molecule has 1 aliphatic carbocycles. The van der Waals surface area contributed by atoms with Gasteiger partial charge in [-0.2, -0.15) is 0 Å². The summed E-state index contributed by atoms with van der Waals surface area (Å²) in [5.41, 5.74) is 0. The average molecular weight is 245 g/mol. The van der Waals surface area contributed by atoms with Crippen molar-refractivity contribution in [1.82, 2.24) is 5.32 Å². The van der Waals surface area contributed by atoms with E-state index in [1.807, 2.05) is 0 Å². The first-order valence-corrected chi connectivity index (χ1v) is 8.24. The highest BCUT2D eigenvalue weighted by Gasteiger charge is 2.31. The molecule has 0 radical (unpaired) electrons. The van der Waals surface area contributed by atoms with Crippen molar-refractivity contribution >= 4 is 10.8 Å².